The van der Waals surface area contributed by atoms with E-state index in [2.05, 4.69) is 30.0 Å². The smallest absolute Gasteiger partial charge is 0.240 e. The van der Waals surface area contributed by atoms with Crippen LogP contribution in [0.1, 0.15) is 13.8 Å². The minimum Gasteiger partial charge on any atom is -0.323 e. The van der Waals surface area contributed by atoms with Crippen LogP contribution in [0.3, 0.4) is 0 Å². The summed E-state index contributed by atoms with van der Waals surface area (Å²) in [5.41, 5.74) is 2.23. The standard InChI is InChI=1S/C10H10BrN3OS/c1-10(2,11)9(15)12-6-4-3-5-7-8(6)14-16-13-7/h3-5H,1-2H3,(H,12,15). The fourth-order valence-electron chi connectivity index (χ4n) is 1.18. The number of hydrogen-bond acceptors (Lipinski definition) is 3. The summed E-state index contributed by atoms with van der Waals surface area (Å²) < 4.78 is 7.67. The largest absolute Gasteiger partial charge is 0.323 e. The molecule has 1 N–H and O–H groups in total. The highest BCUT2D eigenvalue weighted by atomic mass is 79.9. The molecule has 16 heavy (non-hydrogen) atoms. The van der Waals surface area contributed by atoms with E-state index in [9.17, 15) is 4.79 Å². The van der Waals surface area contributed by atoms with Crippen LogP contribution in [0.2, 0.25) is 0 Å². The summed E-state index contributed by atoms with van der Waals surface area (Å²) in [6.07, 6.45) is 0. The number of anilines is 1. The summed E-state index contributed by atoms with van der Waals surface area (Å²) >= 11 is 4.45. The van der Waals surface area contributed by atoms with E-state index < -0.39 is 4.32 Å². The number of nitrogens with zero attached hydrogens (tertiary/aromatic N) is 2. The van der Waals surface area contributed by atoms with E-state index in [0.717, 1.165) is 22.7 Å². The van der Waals surface area contributed by atoms with Crippen molar-refractivity contribution in [3.8, 4) is 0 Å². The number of fused-ring (bicyclic) bond motifs is 1. The van der Waals surface area contributed by atoms with Gasteiger partial charge in [-0.2, -0.15) is 8.73 Å². The Morgan fingerprint density at radius 3 is 2.88 bits per heavy atom. The fraction of sp³-hybridized carbons (Fsp3) is 0.300. The van der Waals surface area contributed by atoms with Gasteiger partial charge >= 0.3 is 0 Å². The number of carbonyl (C=O) groups is 1. The normalized spacial score (nSPS) is 13.2. The Morgan fingerprint density at radius 2 is 2.19 bits per heavy atom. The Balaban J connectivity index is 2.28. The Morgan fingerprint density at radius 1 is 1.44 bits per heavy atom. The third-order valence-corrected chi connectivity index (χ3v) is 2.98. The molecule has 0 unspecified atom stereocenters. The minimum atomic E-state index is -0.599. The lowest BCUT2D eigenvalue weighted by atomic mass is 10.2. The third kappa shape index (κ3) is 2.22. The second kappa shape index (κ2) is 4.10. The topological polar surface area (TPSA) is 53.8 Å². The van der Waals surface area contributed by atoms with Crippen molar-refractivity contribution in [2.45, 2.75) is 18.2 Å². The van der Waals surface area contributed by atoms with Crippen LogP contribution in [0.25, 0.3) is 0 Å². The molecule has 0 fully saturated rings. The zero-order valence-corrected chi connectivity index (χ0v) is 11.2. The van der Waals surface area contributed by atoms with E-state index in [1.165, 1.54) is 0 Å². The summed E-state index contributed by atoms with van der Waals surface area (Å²) in [6, 6.07) is 5.54. The molecular formula is C10H10BrN3OS. The molecule has 1 aromatic carbocycles. The maximum absolute atomic E-state index is 11.8. The van der Waals surface area contributed by atoms with E-state index in [1.54, 1.807) is 13.8 Å². The zero-order chi connectivity index (χ0) is 11.8. The van der Waals surface area contributed by atoms with E-state index in [1.807, 2.05) is 18.2 Å². The van der Waals surface area contributed by atoms with Crippen molar-refractivity contribution in [1.29, 1.82) is 0 Å². The first-order chi connectivity index (χ1) is 7.48. The van der Waals surface area contributed by atoms with Gasteiger partial charge in [-0.15, -0.1) is 0 Å². The molecule has 0 aliphatic carbocycles. The van der Waals surface area contributed by atoms with Gasteiger partial charge in [-0.05, 0) is 26.0 Å². The summed E-state index contributed by atoms with van der Waals surface area (Å²) in [7, 11) is 0. The monoisotopic (exact) mass is 299 g/mol. The van der Waals surface area contributed by atoms with Crippen molar-refractivity contribution in [3.63, 3.8) is 0 Å². The van der Waals surface area contributed by atoms with Crippen molar-refractivity contribution in [2.24, 2.45) is 8.73 Å². The molecule has 1 heterocycles. The van der Waals surface area contributed by atoms with Gasteiger partial charge in [0.1, 0.15) is 11.4 Å². The third-order valence-electron chi connectivity index (χ3n) is 2.07. The van der Waals surface area contributed by atoms with Crippen LogP contribution >= 0.6 is 15.9 Å². The van der Waals surface area contributed by atoms with Crippen molar-refractivity contribution in [3.05, 3.63) is 18.2 Å². The number of nitrogens with one attached hydrogen (secondary N) is 1. The maximum atomic E-state index is 11.8. The molecule has 4 nitrogen and oxygen atoms in total. The second-order valence-electron chi connectivity index (χ2n) is 3.86. The van der Waals surface area contributed by atoms with Crippen LogP contribution in [0, 0.1) is 0 Å². The molecule has 1 amide bonds. The first kappa shape index (κ1) is 11.5. The van der Waals surface area contributed by atoms with Gasteiger partial charge in [-0.25, -0.2) is 0 Å². The molecule has 0 saturated carbocycles. The fourth-order valence-corrected chi connectivity index (χ4v) is 1.83. The average Bonchev–Trinajstić information content (AvgIpc) is 2.65. The van der Waals surface area contributed by atoms with E-state index in [0.29, 0.717) is 5.69 Å². The Hall–Kier alpha value is -1.01. The molecule has 0 atom stereocenters. The van der Waals surface area contributed by atoms with Gasteiger partial charge in [0, 0.05) is 0 Å². The van der Waals surface area contributed by atoms with Gasteiger partial charge in [-0.1, -0.05) is 22.0 Å². The number of halogens is 1. The van der Waals surface area contributed by atoms with E-state index >= 15 is 0 Å². The average molecular weight is 300 g/mol. The Bertz CT molecular complexity index is 515. The first-order valence-corrected chi connectivity index (χ1v) is 6.22. The van der Waals surface area contributed by atoms with Crippen LogP contribution < -0.4 is 5.32 Å². The quantitative estimate of drug-likeness (QED) is 0.848. The Kier molecular flexibility index (Phi) is 2.94. The molecule has 0 saturated heterocycles. The van der Waals surface area contributed by atoms with Crippen LogP contribution in [-0.2, 0) is 16.1 Å². The molecule has 2 rings (SSSR count). The van der Waals surface area contributed by atoms with Crippen LogP contribution in [0.5, 0.6) is 0 Å². The van der Waals surface area contributed by atoms with E-state index in [4.69, 9.17) is 0 Å². The summed E-state index contributed by atoms with van der Waals surface area (Å²) in [5.74, 6) is -0.104. The molecule has 1 aliphatic rings. The first-order valence-electron chi connectivity index (χ1n) is 4.70. The van der Waals surface area contributed by atoms with Gasteiger partial charge < -0.3 is 5.32 Å². The summed E-state index contributed by atoms with van der Waals surface area (Å²) in [4.78, 5) is 11.8. The molecule has 0 spiro atoms. The predicted octanol–water partition coefficient (Wildman–Crippen LogP) is 3.53. The second-order valence-corrected chi connectivity index (χ2v) is 6.38. The molecule has 0 radical (unpaired) electrons. The molecular weight excluding hydrogens is 290 g/mol. The highest BCUT2D eigenvalue weighted by Crippen LogP contribution is 2.38. The highest BCUT2D eigenvalue weighted by molar-refractivity contribution is 9.10. The number of benzene rings is 1. The van der Waals surface area contributed by atoms with Crippen molar-refractivity contribution in [1.82, 2.24) is 0 Å². The van der Waals surface area contributed by atoms with Gasteiger partial charge in [-0.3, -0.25) is 4.79 Å². The molecule has 1 aromatic rings. The predicted molar refractivity (Wildman–Crippen MR) is 69.6 cm³/mol. The van der Waals surface area contributed by atoms with Crippen molar-refractivity contribution in [2.75, 3.05) is 5.32 Å². The Labute approximate surface area is 105 Å². The number of alkyl halides is 1. The number of amides is 1. The van der Waals surface area contributed by atoms with Gasteiger partial charge in [0.15, 0.2) is 0 Å². The van der Waals surface area contributed by atoms with Crippen LogP contribution in [0.4, 0.5) is 17.1 Å². The molecule has 84 valence electrons. The number of hydrogen-bond donors (Lipinski definition) is 1. The maximum Gasteiger partial charge on any atom is 0.240 e. The summed E-state index contributed by atoms with van der Waals surface area (Å²) in [5, 5.41) is 2.83. The van der Waals surface area contributed by atoms with Crippen LogP contribution in [-0.4, -0.2) is 10.2 Å². The minimum absolute atomic E-state index is 0.104. The van der Waals surface area contributed by atoms with Gasteiger partial charge in [0.25, 0.3) is 0 Å². The lowest BCUT2D eigenvalue weighted by Gasteiger charge is -2.16. The SMILES string of the molecule is CC(C)(Br)C(=O)Nc1cccc2c1N=S=N2. The van der Waals surface area contributed by atoms with Crippen molar-refractivity contribution >= 4 is 50.3 Å². The van der Waals surface area contributed by atoms with Gasteiger partial charge in [0.2, 0.25) is 5.91 Å². The van der Waals surface area contributed by atoms with Gasteiger partial charge in [0.05, 0.1) is 21.4 Å². The highest BCUT2D eigenvalue weighted by Gasteiger charge is 2.24. The molecule has 6 heteroatoms. The lowest BCUT2D eigenvalue weighted by molar-refractivity contribution is -0.117. The number of carbonyl (C=O) groups excluding carboxylic acids is 1. The number of rotatable bonds is 2. The molecule has 0 aromatic heterocycles. The zero-order valence-electron chi connectivity index (χ0n) is 8.82. The van der Waals surface area contributed by atoms with E-state index in [-0.39, 0.29) is 5.91 Å². The molecule has 0 bridgehead atoms. The van der Waals surface area contributed by atoms with Crippen molar-refractivity contribution < 1.29 is 4.79 Å². The lowest BCUT2D eigenvalue weighted by Crippen LogP contribution is -2.30. The summed E-state index contributed by atoms with van der Waals surface area (Å²) in [6.45, 7) is 3.59. The van der Waals surface area contributed by atoms with Crippen LogP contribution in [0.15, 0.2) is 26.9 Å². The molecule has 1 aliphatic heterocycles.